The number of thioether (sulfide) groups is 2. The average molecular weight is 381 g/mol. The Labute approximate surface area is 159 Å². The van der Waals surface area contributed by atoms with Gasteiger partial charge in [-0.3, -0.25) is 0 Å². The quantitative estimate of drug-likeness (QED) is 0.301. The number of unbranched alkanes of at least 4 members (excludes halogenated alkanes) is 6. The number of aliphatic hydroxyl groups excluding tert-OH is 1. The lowest BCUT2D eigenvalue weighted by Crippen LogP contribution is -2.20. The normalized spacial score (nSPS) is 12.6. The predicted molar refractivity (Wildman–Crippen MR) is 111 cm³/mol. The zero-order valence-corrected chi connectivity index (χ0v) is 17.6. The molecule has 0 spiro atoms. The highest BCUT2D eigenvalue weighted by atomic mass is 32.2. The summed E-state index contributed by atoms with van der Waals surface area (Å²) in [6.45, 7) is 6.92. The van der Waals surface area contributed by atoms with Gasteiger partial charge in [-0.2, -0.15) is 23.5 Å². The number of aliphatic hydroxyl groups is 1. The first-order chi connectivity index (χ1) is 11.8. The first-order valence-corrected chi connectivity index (χ1v) is 12.1. The molecule has 1 N–H and O–H groups in total. The van der Waals surface area contributed by atoms with E-state index in [-0.39, 0.29) is 6.10 Å². The summed E-state index contributed by atoms with van der Waals surface area (Å²) >= 11 is 3.81. The molecule has 0 bridgehead atoms. The third-order valence-corrected chi connectivity index (χ3v) is 5.88. The molecule has 24 heavy (non-hydrogen) atoms. The minimum Gasteiger partial charge on any atom is -0.390 e. The Morgan fingerprint density at radius 3 is 2.00 bits per heavy atom. The van der Waals surface area contributed by atoms with Crippen molar-refractivity contribution in [3.05, 3.63) is 0 Å². The Bertz CT molecular complexity index is 231. The van der Waals surface area contributed by atoms with Gasteiger partial charge in [0.25, 0.3) is 0 Å². The van der Waals surface area contributed by atoms with Crippen molar-refractivity contribution in [2.75, 3.05) is 49.4 Å². The van der Waals surface area contributed by atoms with Crippen molar-refractivity contribution in [2.45, 2.75) is 71.3 Å². The van der Waals surface area contributed by atoms with Crippen LogP contribution in [0.25, 0.3) is 0 Å². The van der Waals surface area contributed by atoms with Gasteiger partial charge < -0.3 is 14.6 Å². The summed E-state index contributed by atoms with van der Waals surface area (Å²) in [5, 5.41) is 9.82. The van der Waals surface area contributed by atoms with E-state index in [1.54, 1.807) is 0 Å². The van der Waals surface area contributed by atoms with E-state index in [1.165, 1.54) is 57.1 Å². The molecule has 146 valence electrons. The zero-order valence-electron chi connectivity index (χ0n) is 16.0. The van der Waals surface area contributed by atoms with Crippen LogP contribution in [0.2, 0.25) is 0 Å². The summed E-state index contributed by atoms with van der Waals surface area (Å²) in [4.78, 5) is 0. The van der Waals surface area contributed by atoms with Crippen LogP contribution in [0.5, 0.6) is 0 Å². The van der Waals surface area contributed by atoms with Gasteiger partial charge in [0.1, 0.15) is 0 Å². The Morgan fingerprint density at radius 1 is 0.708 bits per heavy atom. The standard InChI is InChI=1S/C19H40O3S2/c1-3-5-7-9-14-23-16-13-21-11-12-22-17-19(20)18-24-15-10-8-6-4-2/h19-20H,3-18H2,1-2H3/t19-/m1/s1. The minimum atomic E-state index is -0.347. The van der Waals surface area contributed by atoms with Crippen molar-refractivity contribution in [3.63, 3.8) is 0 Å². The topological polar surface area (TPSA) is 38.7 Å². The van der Waals surface area contributed by atoms with E-state index in [0.29, 0.717) is 19.8 Å². The molecule has 0 rings (SSSR count). The van der Waals surface area contributed by atoms with E-state index in [2.05, 4.69) is 13.8 Å². The Morgan fingerprint density at radius 2 is 1.33 bits per heavy atom. The van der Waals surface area contributed by atoms with Crippen molar-refractivity contribution in [2.24, 2.45) is 0 Å². The van der Waals surface area contributed by atoms with Crippen LogP contribution in [0.1, 0.15) is 65.2 Å². The van der Waals surface area contributed by atoms with Gasteiger partial charge in [-0.15, -0.1) is 0 Å². The van der Waals surface area contributed by atoms with Crippen molar-refractivity contribution in [1.29, 1.82) is 0 Å². The molecule has 3 nitrogen and oxygen atoms in total. The van der Waals surface area contributed by atoms with E-state index in [9.17, 15) is 5.11 Å². The molecule has 0 unspecified atom stereocenters. The minimum absolute atomic E-state index is 0.347. The summed E-state index contributed by atoms with van der Waals surface area (Å²) < 4.78 is 11.0. The predicted octanol–water partition coefficient (Wildman–Crippen LogP) is 5.01. The van der Waals surface area contributed by atoms with Crippen LogP contribution >= 0.6 is 23.5 Å². The van der Waals surface area contributed by atoms with Crippen LogP contribution in [0, 0.1) is 0 Å². The molecule has 0 aromatic carbocycles. The molecular formula is C19H40O3S2. The van der Waals surface area contributed by atoms with Gasteiger partial charge in [0.2, 0.25) is 0 Å². The van der Waals surface area contributed by atoms with Gasteiger partial charge in [-0.05, 0) is 24.3 Å². The Kier molecular flexibility index (Phi) is 22.1. The van der Waals surface area contributed by atoms with Crippen molar-refractivity contribution < 1.29 is 14.6 Å². The molecular weight excluding hydrogens is 340 g/mol. The Balaban J connectivity index is 3.10. The fraction of sp³-hybridized carbons (Fsp3) is 1.00. The molecule has 0 aliphatic carbocycles. The van der Waals surface area contributed by atoms with Crippen molar-refractivity contribution >= 4 is 23.5 Å². The maximum Gasteiger partial charge on any atom is 0.0863 e. The van der Waals surface area contributed by atoms with E-state index in [4.69, 9.17) is 9.47 Å². The molecule has 0 aromatic heterocycles. The number of rotatable bonds is 20. The van der Waals surface area contributed by atoms with Crippen LogP contribution in [-0.4, -0.2) is 60.6 Å². The molecule has 0 aliphatic rings. The van der Waals surface area contributed by atoms with Crippen LogP contribution in [-0.2, 0) is 9.47 Å². The molecule has 0 fully saturated rings. The first kappa shape index (κ1) is 24.6. The number of ether oxygens (including phenoxy) is 2. The lowest BCUT2D eigenvalue weighted by molar-refractivity contribution is 0.0139. The van der Waals surface area contributed by atoms with Crippen LogP contribution in [0.3, 0.4) is 0 Å². The van der Waals surface area contributed by atoms with Crippen LogP contribution in [0.4, 0.5) is 0 Å². The van der Waals surface area contributed by atoms with Gasteiger partial charge in [0.05, 0.1) is 32.5 Å². The highest BCUT2D eigenvalue weighted by Gasteiger charge is 2.04. The summed E-state index contributed by atoms with van der Waals surface area (Å²) in [7, 11) is 0. The second-order valence-corrected chi connectivity index (χ2v) is 8.52. The fourth-order valence-corrected chi connectivity index (χ4v) is 3.98. The molecule has 1 atom stereocenters. The summed E-state index contributed by atoms with van der Waals surface area (Å²) in [6, 6.07) is 0. The molecule has 0 amide bonds. The molecule has 0 radical (unpaired) electrons. The first-order valence-electron chi connectivity index (χ1n) is 9.80. The second kappa shape index (κ2) is 21.6. The molecule has 0 aromatic rings. The third-order valence-electron chi connectivity index (χ3n) is 3.65. The molecule has 5 heteroatoms. The average Bonchev–Trinajstić information content (AvgIpc) is 2.59. The molecule has 0 aliphatic heterocycles. The van der Waals surface area contributed by atoms with Gasteiger partial charge >= 0.3 is 0 Å². The summed E-state index contributed by atoms with van der Waals surface area (Å²) in [5.74, 6) is 4.25. The Hall–Kier alpha value is 0.580. The lowest BCUT2D eigenvalue weighted by Gasteiger charge is -2.11. The van der Waals surface area contributed by atoms with Crippen LogP contribution < -0.4 is 0 Å². The van der Waals surface area contributed by atoms with Crippen molar-refractivity contribution in [3.8, 4) is 0 Å². The van der Waals surface area contributed by atoms with E-state index < -0.39 is 0 Å². The van der Waals surface area contributed by atoms with E-state index in [0.717, 1.165) is 23.9 Å². The fourth-order valence-electron chi connectivity index (χ4n) is 2.19. The SMILES string of the molecule is CCCCCCSCCOCCOC[C@@H](O)CSCCCCCC. The molecule has 0 heterocycles. The van der Waals surface area contributed by atoms with Crippen LogP contribution in [0.15, 0.2) is 0 Å². The maximum absolute atomic E-state index is 9.82. The van der Waals surface area contributed by atoms with Gasteiger partial charge in [-0.25, -0.2) is 0 Å². The highest BCUT2D eigenvalue weighted by molar-refractivity contribution is 7.99. The van der Waals surface area contributed by atoms with Gasteiger partial charge in [-0.1, -0.05) is 52.4 Å². The van der Waals surface area contributed by atoms with E-state index >= 15 is 0 Å². The van der Waals surface area contributed by atoms with Gasteiger partial charge in [0.15, 0.2) is 0 Å². The lowest BCUT2D eigenvalue weighted by atomic mass is 10.2. The largest absolute Gasteiger partial charge is 0.390 e. The number of hydrogen-bond donors (Lipinski definition) is 1. The van der Waals surface area contributed by atoms with Crippen molar-refractivity contribution in [1.82, 2.24) is 0 Å². The zero-order chi connectivity index (χ0) is 17.7. The summed E-state index contributed by atoms with van der Waals surface area (Å²) in [6.07, 6.45) is 10.2. The number of hydrogen-bond acceptors (Lipinski definition) is 5. The second-order valence-electron chi connectivity index (χ2n) is 6.15. The summed E-state index contributed by atoms with van der Waals surface area (Å²) in [5.41, 5.74) is 0. The van der Waals surface area contributed by atoms with Gasteiger partial charge in [0, 0.05) is 11.5 Å². The molecule has 0 saturated carbocycles. The monoisotopic (exact) mass is 380 g/mol. The van der Waals surface area contributed by atoms with E-state index in [1.807, 2.05) is 23.5 Å². The smallest absolute Gasteiger partial charge is 0.0863 e. The highest BCUT2D eigenvalue weighted by Crippen LogP contribution is 2.09. The third kappa shape index (κ3) is 20.6. The maximum atomic E-state index is 9.82. The molecule has 0 saturated heterocycles.